The summed E-state index contributed by atoms with van der Waals surface area (Å²) in [7, 11) is 0. The lowest BCUT2D eigenvalue weighted by Gasteiger charge is -2.00. The van der Waals surface area contributed by atoms with Gasteiger partial charge in [-0.2, -0.15) is 0 Å². The van der Waals surface area contributed by atoms with Crippen molar-refractivity contribution in [1.82, 2.24) is 5.16 Å². The van der Waals surface area contributed by atoms with E-state index in [2.05, 4.69) is 23.7 Å². The maximum Gasteiger partial charge on any atom is 0.143 e. The molecule has 0 saturated heterocycles. The van der Waals surface area contributed by atoms with E-state index in [-0.39, 0.29) is 0 Å². The first-order valence-corrected chi connectivity index (χ1v) is 8.99. The second-order valence-electron chi connectivity index (χ2n) is 4.27. The second kappa shape index (κ2) is 11.6. The van der Waals surface area contributed by atoms with Crippen LogP contribution in [-0.2, 0) is 0 Å². The summed E-state index contributed by atoms with van der Waals surface area (Å²) in [4.78, 5) is 0. The Balaban J connectivity index is 0.000000661. The molecule has 1 aliphatic carbocycles. The minimum absolute atomic E-state index is 0.587. The van der Waals surface area contributed by atoms with Crippen LogP contribution in [-0.4, -0.2) is 11.5 Å². The van der Waals surface area contributed by atoms with Crippen molar-refractivity contribution in [2.24, 2.45) is 0 Å². The van der Waals surface area contributed by atoms with E-state index in [1.165, 1.54) is 19.2 Å². The molecule has 1 aliphatic rings. The van der Waals surface area contributed by atoms with Crippen molar-refractivity contribution < 1.29 is 4.52 Å². The van der Waals surface area contributed by atoms with Gasteiger partial charge in [0.25, 0.3) is 0 Å². The van der Waals surface area contributed by atoms with Crippen molar-refractivity contribution in [3.8, 4) is 11.3 Å². The van der Waals surface area contributed by atoms with Crippen molar-refractivity contribution in [1.29, 1.82) is 0 Å². The molecular weight excluding hydrogens is 317 g/mol. The van der Waals surface area contributed by atoms with E-state index in [1.54, 1.807) is 0 Å². The molecule has 124 valence electrons. The first-order valence-electron chi connectivity index (χ1n) is 7.86. The molecule has 0 amide bonds. The number of benzene rings is 1. The predicted octanol–water partition coefficient (Wildman–Crippen LogP) is 7.09. The third kappa shape index (κ3) is 5.33. The normalized spacial score (nSPS) is 12.0. The number of rotatable bonds is 2. The van der Waals surface area contributed by atoms with E-state index in [0.29, 0.717) is 5.92 Å². The van der Waals surface area contributed by atoms with Gasteiger partial charge in [0.2, 0.25) is 0 Å². The highest BCUT2D eigenvalue weighted by atomic mass is 35.5. The Morgan fingerprint density at radius 1 is 1.05 bits per heavy atom. The monoisotopic (exact) mass is 343 g/mol. The van der Waals surface area contributed by atoms with E-state index in [0.717, 1.165) is 27.6 Å². The summed E-state index contributed by atoms with van der Waals surface area (Å²) in [5.74, 6) is 1.62. The van der Waals surface area contributed by atoms with Crippen molar-refractivity contribution in [3.63, 3.8) is 0 Å². The molecular formula is C18H27Cl2NO. The summed E-state index contributed by atoms with van der Waals surface area (Å²) in [5, 5.41) is 4.87. The molecule has 2 nitrogen and oxygen atoms in total. The summed E-state index contributed by atoms with van der Waals surface area (Å²) >= 11 is 10.8. The van der Waals surface area contributed by atoms with Crippen molar-refractivity contribution in [2.45, 2.75) is 53.4 Å². The van der Waals surface area contributed by atoms with Crippen molar-refractivity contribution in [2.75, 3.05) is 6.38 Å². The fraction of sp³-hybridized carbons (Fsp3) is 0.500. The lowest BCUT2D eigenvalue weighted by molar-refractivity contribution is 0.385. The molecule has 1 aromatic heterocycles. The molecule has 0 unspecified atom stereocenters. The number of halogens is 2. The van der Waals surface area contributed by atoms with Gasteiger partial charge in [0.05, 0.1) is 5.02 Å². The molecule has 0 N–H and O–H groups in total. The van der Waals surface area contributed by atoms with Crippen LogP contribution in [0.2, 0.25) is 5.02 Å². The minimum Gasteiger partial charge on any atom is -0.360 e. The molecule has 2 aromatic rings. The highest BCUT2D eigenvalue weighted by Gasteiger charge is 2.31. The van der Waals surface area contributed by atoms with Crippen molar-refractivity contribution >= 4 is 23.2 Å². The standard InChI is InChI=1S/C13H12ClNO.2C2H6.CH3Cl/c1-8-12(10-4-2-3-5-11(10)14)15-16-13(8)9-6-7-9;3*1-2/h2-5,9H,6-7H2,1H3;2*1-2H3;1H3. The summed E-state index contributed by atoms with van der Waals surface area (Å²) in [6.45, 7) is 10.1. The lowest BCUT2D eigenvalue weighted by Crippen LogP contribution is -1.83. The average molecular weight is 344 g/mol. The van der Waals surface area contributed by atoms with E-state index in [4.69, 9.17) is 16.1 Å². The molecule has 1 saturated carbocycles. The van der Waals surface area contributed by atoms with Crippen LogP contribution in [0.4, 0.5) is 0 Å². The van der Waals surface area contributed by atoms with Crippen LogP contribution in [0.25, 0.3) is 11.3 Å². The maximum atomic E-state index is 6.15. The number of alkyl halides is 1. The molecule has 22 heavy (non-hydrogen) atoms. The number of aromatic nitrogens is 1. The molecule has 3 rings (SSSR count). The molecule has 0 spiro atoms. The Kier molecular flexibility index (Phi) is 11.0. The Morgan fingerprint density at radius 2 is 1.59 bits per heavy atom. The fourth-order valence-corrected chi connectivity index (χ4v) is 2.20. The van der Waals surface area contributed by atoms with Crippen molar-refractivity contribution in [3.05, 3.63) is 40.6 Å². The van der Waals surface area contributed by atoms with Crippen LogP contribution in [0.15, 0.2) is 28.8 Å². The summed E-state index contributed by atoms with van der Waals surface area (Å²) < 4.78 is 5.42. The second-order valence-corrected chi connectivity index (χ2v) is 4.68. The minimum atomic E-state index is 0.587. The number of nitrogens with zero attached hydrogens (tertiary/aromatic N) is 1. The van der Waals surface area contributed by atoms with Gasteiger partial charge in [-0.25, -0.2) is 0 Å². The summed E-state index contributed by atoms with van der Waals surface area (Å²) in [6.07, 6.45) is 3.91. The van der Waals surface area contributed by atoms with Gasteiger partial charge in [0.15, 0.2) is 0 Å². The van der Waals surface area contributed by atoms with Crippen LogP contribution in [0.1, 0.15) is 57.8 Å². The lowest BCUT2D eigenvalue weighted by atomic mass is 10.1. The van der Waals surface area contributed by atoms with Gasteiger partial charge in [-0.3, -0.25) is 0 Å². The van der Waals surface area contributed by atoms with E-state index < -0.39 is 0 Å². The molecule has 0 aliphatic heterocycles. The fourth-order valence-electron chi connectivity index (χ4n) is 1.98. The summed E-state index contributed by atoms with van der Waals surface area (Å²) in [6, 6.07) is 7.74. The highest BCUT2D eigenvalue weighted by Crippen LogP contribution is 2.44. The Hall–Kier alpha value is -0.990. The van der Waals surface area contributed by atoms with Gasteiger partial charge in [0, 0.05) is 23.4 Å². The first kappa shape index (κ1) is 21.0. The zero-order valence-corrected chi connectivity index (χ0v) is 15.9. The Bertz CT molecular complexity index is 534. The Labute approximate surface area is 144 Å². The maximum absolute atomic E-state index is 6.15. The molecule has 0 radical (unpaired) electrons. The smallest absolute Gasteiger partial charge is 0.143 e. The zero-order valence-electron chi connectivity index (χ0n) is 14.4. The topological polar surface area (TPSA) is 26.0 Å². The zero-order chi connectivity index (χ0) is 17.1. The van der Waals surface area contributed by atoms with E-state index in [9.17, 15) is 0 Å². The quantitative estimate of drug-likeness (QED) is 0.544. The van der Waals surface area contributed by atoms with Gasteiger partial charge in [0.1, 0.15) is 11.5 Å². The third-order valence-corrected chi connectivity index (χ3v) is 3.37. The number of hydrogen-bond acceptors (Lipinski definition) is 2. The van der Waals surface area contributed by atoms with Crippen LogP contribution < -0.4 is 0 Å². The molecule has 0 bridgehead atoms. The van der Waals surface area contributed by atoms with Crippen LogP contribution >= 0.6 is 23.2 Å². The van der Waals surface area contributed by atoms with Crippen LogP contribution in [0.3, 0.4) is 0 Å². The SMILES string of the molecule is CC.CC.CCl.Cc1c(-c2ccccc2Cl)noc1C1CC1. The predicted molar refractivity (Wildman–Crippen MR) is 98.1 cm³/mol. The largest absolute Gasteiger partial charge is 0.360 e. The van der Waals surface area contributed by atoms with Gasteiger partial charge >= 0.3 is 0 Å². The van der Waals surface area contributed by atoms with Crippen LogP contribution in [0, 0.1) is 6.92 Å². The van der Waals surface area contributed by atoms with E-state index in [1.807, 2.05) is 52.0 Å². The molecule has 1 heterocycles. The van der Waals surface area contributed by atoms with Gasteiger partial charge < -0.3 is 4.52 Å². The Morgan fingerprint density at radius 3 is 2.09 bits per heavy atom. The van der Waals surface area contributed by atoms with E-state index >= 15 is 0 Å². The first-order chi connectivity index (χ1) is 10.8. The molecule has 1 aromatic carbocycles. The number of hydrogen-bond donors (Lipinski definition) is 0. The highest BCUT2D eigenvalue weighted by molar-refractivity contribution is 6.33. The third-order valence-electron chi connectivity index (χ3n) is 3.04. The molecule has 1 fully saturated rings. The summed E-state index contributed by atoms with van der Waals surface area (Å²) in [5.41, 5.74) is 2.97. The molecule has 4 heteroatoms. The van der Waals surface area contributed by atoms with Gasteiger partial charge in [-0.15, -0.1) is 11.6 Å². The van der Waals surface area contributed by atoms with Crippen LogP contribution in [0.5, 0.6) is 0 Å². The average Bonchev–Trinajstić information content (AvgIpc) is 3.37. The van der Waals surface area contributed by atoms with Gasteiger partial charge in [-0.05, 0) is 25.8 Å². The van der Waals surface area contributed by atoms with Gasteiger partial charge in [-0.1, -0.05) is 62.7 Å². The molecule has 0 atom stereocenters.